The maximum atomic E-state index is 9.18. The molecule has 29 heavy (non-hydrogen) atoms. The van der Waals surface area contributed by atoms with Crippen molar-refractivity contribution in [3.63, 3.8) is 0 Å². The lowest BCUT2D eigenvalue weighted by Gasteiger charge is -2.23. The molecule has 4 nitrogen and oxygen atoms in total. The van der Waals surface area contributed by atoms with Crippen molar-refractivity contribution in [2.24, 2.45) is 11.5 Å². The number of hydrogen-bond acceptors (Lipinski definition) is 3. The van der Waals surface area contributed by atoms with E-state index >= 15 is 0 Å². The SMILES string of the molecule is Cl.Cl.NC(Cc1c2n(c3ccccc13)CCCC2)C(N)c1cccc(CCO)c1. The molecule has 6 heteroatoms. The summed E-state index contributed by atoms with van der Waals surface area (Å²) < 4.78 is 2.48. The molecule has 0 aliphatic carbocycles. The number of para-hydroxylation sites is 1. The fourth-order valence-corrected chi connectivity index (χ4v) is 4.45. The lowest BCUT2D eigenvalue weighted by Crippen LogP contribution is -2.36. The van der Waals surface area contributed by atoms with Gasteiger partial charge in [0.1, 0.15) is 0 Å². The molecule has 0 fully saturated rings. The van der Waals surface area contributed by atoms with Crippen molar-refractivity contribution in [1.29, 1.82) is 0 Å². The Morgan fingerprint density at radius 1 is 1.00 bits per heavy atom. The van der Waals surface area contributed by atoms with Crippen LogP contribution in [0, 0.1) is 0 Å². The molecule has 5 N–H and O–H groups in total. The number of nitrogens with zero attached hydrogens (tertiary/aromatic N) is 1. The average Bonchev–Trinajstić information content (AvgIpc) is 3.02. The van der Waals surface area contributed by atoms with Crippen LogP contribution in [-0.2, 0) is 25.8 Å². The van der Waals surface area contributed by atoms with Gasteiger partial charge in [-0.15, -0.1) is 24.8 Å². The van der Waals surface area contributed by atoms with Crippen molar-refractivity contribution >= 4 is 35.7 Å². The van der Waals surface area contributed by atoms with Crippen LogP contribution in [0.15, 0.2) is 48.5 Å². The normalized spacial score (nSPS) is 15.1. The van der Waals surface area contributed by atoms with Gasteiger partial charge in [-0.05, 0) is 54.9 Å². The average molecular weight is 436 g/mol. The van der Waals surface area contributed by atoms with Crippen LogP contribution in [0.3, 0.4) is 0 Å². The molecular formula is C23H31Cl2N3O. The van der Waals surface area contributed by atoms with E-state index in [0.717, 1.165) is 30.5 Å². The Morgan fingerprint density at radius 2 is 1.79 bits per heavy atom. The quantitative estimate of drug-likeness (QED) is 0.548. The molecule has 2 heterocycles. The van der Waals surface area contributed by atoms with Gasteiger partial charge >= 0.3 is 0 Å². The number of hydrogen-bond donors (Lipinski definition) is 3. The number of aryl methyl sites for hydroxylation is 1. The number of aliphatic hydroxyl groups excluding tert-OH is 1. The predicted octanol–water partition coefficient (Wildman–Crippen LogP) is 3.93. The molecule has 4 rings (SSSR count). The molecule has 0 amide bonds. The summed E-state index contributed by atoms with van der Waals surface area (Å²) in [6.45, 7) is 1.24. The molecule has 0 saturated carbocycles. The van der Waals surface area contributed by atoms with Gasteiger partial charge < -0.3 is 21.1 Å². The molecule has 2 aromatic carbocycles. The summed E-state index contributed by atoms with van der Waals surface area (Å²) in [6.07, 6.45) is 5.04. The van der Waals surface area contributed by atoms with Gasteiger partial charge in [0.2, 0.25) is 0 Å². The van der Waals surface area contributed by atoms with E-state index in [1.54, 1.807) is 0 Å². The van der Waals surface area contributed by atoms with Crippen molar-refractivity contribution in [2.45, 2.75) is 50.7 Å². The molecule has 3 aromatic rings. The maximum absolute atomic E-state index is 9.18. The van der Waals surface area contributed by atoms with Crippen molar-refractivity contribution in [3.8, 4) is 0 Å². The monoisotopic (exact) mass is 435 g/mol. The first-order chi connectivity index (χ1) is 13.2. The first-order valence-corrected chi connectivity index (χ1v) is 9.99. The molecule has 1 aromatic heterocycles. The highest BCUT2D eigenvalue weighted by Gasteiger charge is 2.23. The Hall–Kier alpha value is -1.56. The van der Waals surface area contributed by atoms with E-state index in [1.165, 1.54) is 35.0 Å². The van der Waals surface area contributed by atoms with Gasteiger partial charge in [0.25, 0.3) is 0 Å². The fourth-order valence-electron chi connectivity index (χ4n) is 4.45. The molecule has 1 aliphatic rings. The molecule has 2 unspecified atom stereocenters. The van der Waals surface area contributed by atoms with E-state index < -0.39 is 0 Å². The summed E-state index contributed by atoms with van der Waals surface area (Å²) in [5.41, 5.74) is 19.4. The third-order valence-corrected chi connectivity index (χ3v) is 5.88. The second-order valence-corrected chi connectivity index (χ2v) is 7.66. The number of rotatable bonds is 6. The van der Waals surface area contributed by atoms with E-state index in [1.807, 2.05) is 18.2 Å². The number of nitrogens with two attached hydrogens (primary N) is 2. The summed E-state index contributed by atoms with van der Waals surface area (Å²) in [6, 6.07) is 16.4. The van der Waals surface area contributed by atoms with Gasteiger partial charge in [-0.2, -0.15) is 0 Å². The van der Waals surface area contributed by atoms with Gasteiger partial charge in [0.05, 0.1) is 0 Å². The first kappa shape index (κ1) is 23.7. The molecule has 158 valence electrons. The van der Waals surface area contributed by atoms with E-state index in [0.29, 0.717) is 6.42 Å². The van der Waals surface area contributed by atoms with E-state index in [9.17, 15) is 5.11 Å². The third-order valence-electron chi connectivity index (χ3n) is 5.88. The zero-order valence-electron chi connectivity index (χ0n) is 16.6. The van der Waals surface area contributed by atoms with Crippen LogP contribution in [0.1, 0.15) is 41.3 Å². The minimum absolute atomic E-state index is 0. The summed E-state index contributed by atoms with van der Waals surface area (Å²) >= 11 is 0. The molecule has 0 saturated heterocycles. The Kier molecular flexibility index (Phi) is 8.56. The summed E-state index contributed by atoms with van der Waals surface area (Å²) in [5, 5.41) is 10.5. The van der Waals surface area contributed by atoms with Crippen LogP contribution in [-0.4, -0.2) is 22.3 Å². The highest BCUT2D eigenvalue weighted by atomic mass is 35.5. The predicted molar refractivity (Wildman–Crippen MR) is 125 cm³/mol. The number of benzene rings is 2. The third kappa shape index (κ3) is 4.79. The largest absolute Gasteiger partial charge is 0.396 e. The van der Waals surface area contributed by atoms with Crippen LogP contribution >= 0.6 is 24.8 Å². The van der Waals surface area contributed by atoms with Crippen LogP contribution in [0.4, 0.5) is 0 Å². The summed E-state index contributed by atoms with van der Waals surface area (Å²) in [4.78, 5) is 0. The minimum atomic E-state index is -0.221. The standard InChI is InChI=1S/C23H29N3O.2ClH/c24-20(23(25)17-7-5-6-16(14-17)11-13-27)15-19-18-8-1-2-9-21(18)26-12-4-3-10-22(19)26;;/h1-2,5-9,14,20,23,27H,3-4,10-13,15,24-25H2;2*1H. The zero-order valence-corrected chi connectivity index (χ0v) is 18.2. The maximum Gasteiger partial charge on any atom is 0.0485 e. The Balaban J connectivity index is 0.00000150. The summed E-state index contributed by atoms with van der Waals surface area (Å²) in [7, 11) is 0. The van der Waals surface area contributed by atoms with Gasteiger partial charge in [-0.1, -0.05) is 42.5 Å². The fraction of sp³-hybridized carbons (Fsp3) is 0.391. The lowest BCUT2D eigenvalue weighted by atomic mass is 9.92. The van der Waals surface area contributed by atoms with Crippen LogP contribution in [0.25, 0.3) is 10.9 Å². The topological polar surface area (TPSA) is 77.2 Å². The van der Waals surface area contributed by atoms with Gasteiger partial charge in [0.15, 0.2) is 0 Å². The van der Waals surface area contributed by atoms with E-state index in [-0.39, 0.29) is 43.5 Å². The van der Waals surface area contributed by atoms with E-state index in [4.69, 9.17) is 11.5 Å². The highest BCUT2D eigenvalue weighted by Crippen LogP contribution is 2.32. The second-order valence-electron chi connectivity index (χ2n) is 7.66. The zero-order chi connectivity index (χ0) is 18.8. The van der Waals surface area contributed by atoms with Gasteiger partial charge in [0, 0.05) is 41.8 Å². The minimum Gasteiger partial charge on any atom is -0.396 e. The molecule has 1 aliphatic heterocycles. The Bertz CT molecular complexity index is 941. The first-order valence-electron chi connectivity index (χ1n) is 9.99. The summed E-state index contributed by atoms with van der Waals surface area (Å²) in [5.74, 6) is 0. The highest BCUT2D eigenvalue weighted by molar-refractivity contribution is 5.86. The second kappa shape index (κ2) is 10.5. The van der Waals surface area contributed by atoms with Gasteiger partial charge in [-0.25, -0.2) is 0 Å². The number of aliphatic hydroxyl groups is 1. The molecular weight excluding hydrogens is 405 g/mol. The van der Waals surface area contributed by atoms with Crippen molar-refractivity contribution in [3.05, 3.63) is 70.9 Å². The smallest absolute Gasteiger partial charge is 0.0485 e. The van der Waals surface area contributed by atoms with Crippen molar-refractivity contribution in [1.82, 2.24) is 4.57 Å². The van der Waals surface area contributed by atoms with Gasteiger partial charge in [-0.3, -0.25) is 0 Å². The van der Waals surface area contributed by atoms with E-state index in [2.05, 4.69) is 34.9 Å². The van der Waals surface area contributed by atoms with Crippen LogP contribution < -0.4 is 11.5 Å². The lowest BCUT2D eigenvalue weighted by molar-refractivity contribution is 0.299. The Labute approximate surface area is 185 Å². The Morgan fingerprint density at radius 3 is 2.59 bits per heavy atom. The number of fused-ring (bicyclic) bond motifs is 3. The molecule has 0 radical (unpaired) electrons. The molecule has 0 bridgehead atoms. The van der Waals surface area contributed by atoms with Crippen LogP contribution in [0.5, 0.6) is 0 Å². The molecule has 0 spiro atoms. The van der Waals surface area contributed by atoms with Crippen molar-refractivity contribution < 1.29 is 5.11 Å². The molecule has 2 atom stereocenters. The van der Waals surface area contributed by atoms with Crippen molar-refractivity contribution in [2.75, 3.05) is 6.61 Å². The number of halogens is 2. The van der Waals surface area contributed by atoms with Crippen LogP contribution in [0.2, 0.25) is 0 Å². The number of aromatic nitrogens is 1.